The zero-order valence-corrected chi connectivity index (χ0v) is 13.1. The highest BCUT2D eigenvalue weighted by Gasteiger charge is 2.42. The van der Waals surface area contributed by atoms with Gasteiger partial charge in [0.1, 0.15) is 11.7 Å². The Labute approximate surface area is 130 Å². The van der Waals surface area contributed by atoms with Gasteiger partial charge in [0.25, 0.3) is 0 Å². The van der Waals surface area contributed by atoms with Crippen molar-refractivity contribution in [2.45, 2.75) is 13.0 Å². The van der Waals surface area contributed by atoms with Crippen LogP contribution in [0.1, 0.15) is 20.9 Å². The van der Waals surface area contributed by atoms with Gasteiger partial charge in [0, 0.05) is 13.5 Å². The molecule has 1 N–H and O–H groups in total. The molecule has 1 aliphatic rings. The number of hydrogen-bond donors (Lipinski definition) is 1. The summed E-state index contributed by atoms with van der Waals surface area (Å²) in [6.07, 6.45) is 0.687. The van der Waals surface area contributed by atoms with Crippen LogP contribution < -0.4 is 0 Å². The van der Waals surface area contributed by atoms with Gasteiger partial charge in [-0.3, -0.25) is 0 Å². The second kappa shape index (κ2) is 4.86. The molecule has 3 heterocycles. The summed E-state index contributed by atoms with van der Waals surface area (Å²) in [6, 6.07) is 3.55. The molecular weight excluding hydrogens is 319 g/mol. The van der Waals surface area contributed by atoms with Crippen LogP contribution in [0, 0.1) is 0 Å². The highest BCUT2D eigenvalue weighted by Crippen LogP contribution is 2.32. The van der Waals surface area contributed by atoms with E-state index in [0.29, 0.717) is 35.4 Å². The first-order valence-corrected chi connectivity index (χ1v) is 7.76. The number of halogens is 2. The lowest BCUT2D eigenvalue weighted by Crippen LogP contribution is -2.52. The van der Waals surface area contributed by atoms with E-state index >= 15 is 0 Å². The molecule has 0 aliphatic carbocycles. The second-order valence-electron chi connectivity index (χ2n) is 4.96. The van der Waals surface area contributed by atoms with Crippen molar-refractivity contribution in [1.29, 1.82) is 0 Å². The maximum atomic E-state index is 12.6. The molecule has 4 nitrogen and oxygen atoms in total. The van der Waals surface area contributed by atoms with E-state index in [0.717, 1.165) is 4.88 Å². The van der Waals surface area contributed by atoms with Gasteiger partial charge in [-0.15, -0.1) is 16.0 Å². The maximum absolute atomic E-state index is 12.6. The Morgan fingerprint density at radius 2 is 2.25 bits per heavy atom. The van der Waals surface area contributed by atoms with Crippen LogP contribution in [-0.2, 0) is 20.0 Å². The van der Waals surface area contributed by atoms with Crippen molar-refractivity contribution >= 4 is 40.4 Å². The third-order valence-electron chi connectivity index (χ3n) is 3.71. The summed E-state index contributed by atoms with van der Waals surface area (Å²) in [5, 5.41) is 13.3. The molecule has 0 radical (unpaired) electrons. The molecular formula is C13H13Cl2N2O2S+. The highest BCUT2D eigenvalue weighted by molar-refractivity contribution is 7.10. The van der Waals surface area contributed by atoms with Gasteiger partial charge in [0.15, 0.2) is 12.2 Å². The lowest BCUT2D eigenvalue weighted by Gasteiger charge is -2.30. The van der Waals surface area contributed by atoms with Gasteiger partial charge in [0.2, 0.25) is 0 Å². The molecule has 0 aromatic carbocycles. The average Bonchev–Trinajstić information content (AvgIpc) is 2.97. The normalized spacial score (nSPS) is 21.8. The Morgan fingerprint density at radius 3 is 2.90 bits per heavy atom. The molecule has 0 fully saturated rings. The largest absolute Gasteiger partial charge is 0.394 e. The zero-order valence-electron chi connectivity index (χ0n) is 10.8. The van der Waals surface area contributed by atoms with Crippen molar-refractivity contribution < 1.29 is 14.6 Å². The highest BCUT2D eigenvalue weighted by atomic mass is 35.5. The summed E-state index contributed by atoms with van der Waals surface area (Å²) in [7, 11) is 1.66. The predicted molar refractivity (Wildman–Crippen MR) is 78.4 cm³/mol. The molecule has 2 aromatic heterocycles. The van der Waals surface area contributed by atoms with Gasteiger partial charge in [-0.1, -0.05) is 23.2 Å². The number of nitrogens with zero attached hydrogens (tertiary/aromatic N) is 2. The van der Waals surface area contributed by atoms with Crippen molar-refractivity contribution in [3.8, 4) is 0 Å². The number of rotatable bonds is 1. The lowest BCUT2D eigenvalue weighted by atomic mass is 10.1. The summed E-state index contributed by atoms with van der Waals surface area (Å²) in [5.74, 6) is -0.375. The zero-order chi connectivity index (χ0) is 14.5. The first-order valence-electron chi connectivity index (χ1n) is 6.13. The number of carbonyl (C=O) groups is 1. The monoisotopic (exact) mass is 331 g/mol. The fraction of sp³-hybridized carbons (Fsp3) is 0.308. The van der Waals surface area contributed by atoms with Gasteiger partial charge in [-0.25, -0.2) is 10.0 Å². The number of carbonyl (C=O) groups excluding carboxylic acids is 1. The molecule has 1 atom stereocenters. The molecule has 0 spiro atoms. The van der Waals surface area contributed by atoms with Crippen molar-refractivity contribution in [2.24, 2.45) is 7.05 Å². The van der Waals surface area contributed by atoms with Gasteiger partial charge in [0.05, 0.1) is 9.90 Å². The Hall–Kier alpha value is -0.850. The summed E-state index contributed by atoms with van der Waals surface area (Å²) in [6.45, 7) is 0.662. The van der Waals surface area contributed by atoms with Crippen LogP contribution in [0.3, 0.4) is 0 Å². The van der Waals surface area contributed by atoms with Crippen molar-refractivity contribution in [3.05, 3.63) is 43.8 Å². The number of hydroxylamine groups is 3. The molecule has 20 heavy (non-hydrogen) atoms. The fourth-order valence-electron chi connectivity index (χ4n) is 2.48. The molecule has 7 heteroatoms. The number of hydrogen-bond acceptors (Lipinski definition) is 3. The molecule has 1 aliphatic heterocycles. The molecule has 2 aromatic rings. The second-order valence-corrected chi connectivity index (χ2v) is 6.72. The van der Waals surface area contributed by atoms with E-state index in [9.17, 15) is 10.0 Å². The van der Waals surface area contributed by atoms with E-state index in [1.54, 1.807) is 18.4 Å². The van der Waals surface area contributed by atoms with Gasteiger partial charge >= 0.3 is 5.91 Å². The SMILES string of the molecule is Cn1c(C(=O)[N+]2(O)CCc3ccsc3C2)cc(Cl)c1Cl. The van der Waals surface area contributed by atoms with Crippen LogP contribution in [0.5, 0.6) is 0 Å². The number of fused-ring (bicyclic) bond motifs is 1. The molecule has 1 amide bonds. The van der Waals surface area contributed by atoms with E-state index < -0.39 is 4.65 Å². The molecule has 106 valence electrons. The Kier molecular flexibility index (Phi) is 3.43. The van der Waals surface area contributed by atoms with E-state index in [1.165, 1.54) is 16.2 Å². The fourth-order valence-corrected chi connectivity index (χ4v) is 3.87. The topological polar surface area (TPSA) is 42.2 Å². The first kappa shape index (κ1) is 14.1. The number of amides is 1. The average molecular weight is 332 g/mol. The number of aromatic nitrogens is 1. The van der Waals surface area contributed by atoms with Crippen molar-refractivity contribution in [1.82, 2.24) is 4.57 Å². The quantitative estimate of drug-likeness (QED) is 0.642. The van der Waals surface area contributed by atoms with Crippen LogP contribution in [0.15, 0.2) is 17.5 Å². The van der Waals surface area contributed by atoms with E-state index in [1.807, 2.05) is 11.4 Å². The van der Waals surface area contributed by atoms with Crippen LogP contribution in [0.4, 0.5) is 0 Å². The van der Waals surface area contributed by atoms with Crippen LogP contribution in [0.2, 0.25) is 10.2 Å². The van der Waals surface area contributed by atoms with E-state index in [2.05, 4.69) is 0 Å². The Morgan fingerprint density at radius 1 is 1.50 bits per heavy atom. The number of quaternary nitrogens is 1. The minimum absolute atomic E-state index is 0.298. The molecule has 1 unspecified atom stereocenters. The van der Waals surface area contributed by atoms with Crippen molar-refractivity contribution in [2.75, 3.05) is 6.54 Å². The number of thiophene rings is 1. The van der Waals surface area contributed by atoms with E-state index in [4.69, 9.17) is 23.2 Å². The third-order valence-corrected chi connectivity index (χ3v) is 5.50. The smallest absolute Gasteiger partial charge is 0.326 e. The Balaban J connectivity index is 1.96. The summed E-state index contributed by atoms with van der Waals surface area (Å²) in [4.78, 5) is 13.7. The standard InChI is InChI=1S/C13H13Cl2N2O2S/c1-16-10(6-9(14)12(16)15)13(18)17(19)4-2-8-3-5-20-11(8)7-17/h3,5-6,19H,2,4,7H2,1H3/q+1. The maximum Gasteiger partial charge on any atom is 0.394 e. The van der Waals surface area contributed by atoms with Crippen LogP contribution >= 0.6 is 34.5 Å². The Bertz CT molecular complexity index is 695. The summed E-state index contributed by atoms with van der Waals surface area (Å²) in [5.41, 5.74) is 1.54. The van der Waals surface area contributed by atoms with Gasteiger partial charge < -0.3 is 4.57 Å². The first-order chi connectivity index (χ1) is 9.42. The lowest BCUT2D eigenvalue weighted by molar-refractivity contribution is -1.05. The van der Waals surface area contributed by atoms with Gasteiger partial charge in [-0.2, -0.15) is 0 Å². The molecule has 3 rings (SSSR count). The third kappa shape index (κ3) is 2.10. The summed E-state index contributed by atoms with van der Waals surface area (Å²) >= 11 is 13.5. The van der Waals surface area contributed by atoms with E-state index in [-0.39, 0.29) is 5.91 Å². The van der Waals surface area contributed by atoms with Gasteiger partial charge in [-0.05, 0) is 23.1 Å². The van der Waals surface area contributed by atoms with Crippen LogP contribution in [0.25, 0.3) is 0 Å². The van der Waals surface area contributed by atoms with Crippen LogP contribution in [-0.4, -0.2) is 26.9 Å². The minimum Gasteiger partial charge on any atom is -0.326 e. The van der Waals surface area contributed by atoms with Crippen molar-refractivity contribution in [3.63, 3.8) is 0 Å². The molecule has 0 saturated heterocycles. The minimum atomic E-state index is -0.627. The molecule has 0 bridgehead atoms. The predicted octanol–water partition coefficient (Wildman–Crippen LogP) is 3.50. The summed E-state index contributed by atoms with van der Waals surface area (Å²) < 4.78 is 0.879. The molecule has 0 saturated carbocycles.